The quantitative estimate of drug-likeness (QED) is 0.808. The van der Waals surface area contributed by atoms with Crippen LogP contribution in [0.3, 0.4) is 0 Å². The first-order valence-corrected chi connectivity index (χ1v) is 6.55. The monoisotopic (exact) mass is 231 g/mol. The van der Waals surface area contributed by atoms with E-state index >= 15 is 0 Å². The Bertz CT molecular complexity index is 258. The number of rotatable bonds is 3. The Balaban J connectivity index is 2.44. The Hall–Kier alpha value is -0.350. The molecule has 15 heavy (non-hydrogen) atoms. The van der Waals surface area contributed by atoms with Crippen molar-refractivity contribution in [2.24, 2.45) is 0 Å². The Morgan fingerprint density at radius 3 is 2.67 bits per heavy atom. The highest BCUT2D eigenvalue weighted by molar-refractivity contribution is 7.84. The highest BCUT2D eigenvalue weighted by Crippen LogP contribution is 2.16. The van der Waals surface area contributed by atoms with Gasteiger partial charge in [-0.05, 0) is 46.6 Å². The summed E-state index contributed by atoms with van der Waals surface area (Å²) in [7, 11) is -1.02. The zero-order valence-electron chi connectivity index (χ0n) is 9.95. The van der Waals surface area contributed by atoms with Gasteiger partial charge < -0.3 is 4.74 Å². The third-order valence-corrected chi connectivity index (χ3v) is 4.07. The van der Waals surface area contributed by atoms with E-state index in [1.54, 1.807) is 6.26 Å². The molecular weight excluding hydrogens is 210 g/mol. The van der Waals surface area contributed by atoms with E-state index in [0.717, 1.165) is 12.8 Å². The van der Waals surface area contributed by atoms with Crippen molar-refractivity contribution in [2.75, 3.05) is 0 Å². The minimum atomic E-state index is -1.02. The molecule has 88 valence electrons. The average Bonchev–Trinajstić information content (AvgIpc) is 2.17. The Kier molecular flexibility index (Phi) is 4.34. The maximum atomic E-state index is 11.8. The van der Waals surface area contributed by atoms with Gasteiger partial charge in [0.1, 0.15) is 6.10 Å². The molecule has 0 aromatic carbocycles. The second kappa shape index (κ2) is 5.12. The molecule has 0 radical (unpaired) electrons. The van der Waals surface area contributed by atoms with Crippen LogP contribution in [0, 0.1) is 0 Å². The molecule has 1 rings (SSSR count). The van der Waals surface area contributed by atoms with E-state index in [2.05, 4.69) is 4.72 Å². The lowest BCUT2D eigenvalue weighted by Gasteiger charge is -2.28. The topological polar surface area (TPSA) is 38.3 Å². The van der Waals surface area contributed by atoms with Crippen LogP contribution in [0.1, 0.15) is 40.5 Å². The molecule has 0 aromatic rings. The van der Waals surface area contributed by atoms with Crippen molar-refractivity contribution in [3.05, 3.63) is 12.3 Å². The summed E-state index contributed by atoms with van der Waals surface area (Å²) < 4.78 is 20.2. The van der Waals surface area contributed by atoms with Crippen LogP contribution in [-0.4, -0.2) is 21.1 Å². The fourth-order valence-corrected chi connectivity index (χ4v) is 2.19. The van der Waals surface area contributed by atoms with Gasteiger partial charge >= 0.3 is 0 Å². The Labute approximate surface area is 94.9 Å². The van der Waals surface area contributed by atoms with Crippen LogP contribution in [0.2, 0.25) is 0 Å². The van der Waals surface area contributed by atoms with Crippen molar-refractivity contribution in [1.29, 1.82) is 0 Å². The molecule has 3 atom stereocenters. The van der Waals surface area contributed by atoms with Crippen molar-refractivity contribution in [3.8, 4) is 0 Å². The van der Waals surface area contributed by atoms with E-state index in [4.69, 9.17) is 4.74 Å². The van der Waals surface area contributed by atoms with E-state index in [1.807, 2.05) is 33.8 Å². The maximum absolute atomic E-state index is 11.8. The molecule has 0 aliphatic carbocycles. The first-order chi connectivity index (χ1) is 6.91. The van der Waals surface area contributed by atoms with Crippen molar-refractivity contribution in [3.63, 3.8) is 0 Å². The molecule has 1 heterocycles. The summed E-state index contributed by atoms with van der Waals surface area (Å²) >= 11 is 0. The van der Waals surface area contributed by atoms with Gasteiger partial charge in [-0.15, -0.1) is 0 Å². The zero-order chi connectivity index (χ0) is 11.5. The van der Waals surface area contributed by atoms with Gasteiger partial charge in [0, 0.05) is 0 Å². The fraction of sp³-hybridized carbons (Fsp3) is 0.818. The molecule has 0 bridgehead atoms. The van der Waals surface area contributed by atoms with E-state index in [9.17, 15) is 4.21 Å². The van der Waals surface area contributed by atoms with E-state index in [0.29, 0.717) is 0 Å². The molecule has 4 heteroatoms. The van der Waals surface area contributed by atoms with Crippen molar-refractivity contribution in [2.45, 2.75) is 57.4 Å². The van der Waals surface area contributed by atoms with Crippen LogP contribution in [0.25, 0.3) is 0 Å². The number of hydrogen-bond acceptors (Lipinski definition) is 2. The van der Waals surface area contributed by atoms with Crippen molar-refractivity contribution in [1.82, 2.24) is 4.72 Å². The van der Waals surface area contributed by atoms with Gasteiger partial charge in [0.25, 0.3) is 0 Å². The summed E-state index contributed by atoms with van der Waals surface area (Å²) in [6.45, 7) is 7.91. The van der Waals surface area contributed by atoms with Crippen LogP contribution in [0.4, 0.5) is 0 Å². The molecule has 0 spiro atoms. The van der Waals surface area contributed by atoms with E-state index in [1.165, 1.54) is 0 Å². The molecule has 0 fully saturated rings. The van der Waals surface area contributed by atoms with Gasteiger partial charge in [-0.25, -0.2) is 8.93 Å². The molecule has 1 aliphatic rings. The average molecular weight is 231 g/mol. The minimum absolute atomic E-state index is 0.120. The Morgan fingerprint density at radius 1 is 1.53 bits per heavy atom. The van der Waals surface area contributed by atoms with Crippen LogP contribution < -0.4 is 4.72 Å². The normalized spacial score (nSPS) is 25.7. The van der Waals surface area contributed by atoms with Crippen LogP contribution in [0.5, 0.6) is 0 Å². The summed E-state index contributed by atoms with van der Waals surface area (Å²) in [4.78, 5) is 0. The summed E-state index contributed by atoms with van der Waals surface area (Å²) in [6, 6.07) is 0.120. The fourth-order valence-electron chi connectivity index (χ4n) is 1.34. The second-order valence-corrected chi connectivity index (χ2v) is 6.91. The van der Waals surface area contributed by atoms with E-state index in [-0.39, 0.29) is 16.9 Å². The first kappa shape index (κ1) is 12.7. The lowest BCUT2D eigenvalue weighted by atomic mass is 10.1. The highest BCUT2D eigenvalue weighted by atomic mass is 32.2. The Morgan fingerprint density at radius 2 is 2.20 bits per heavy atom. The van der Waals surface area contributed by atoms with Gasteiger partial charge in [-0.3, -0.25) is 0 Å². The number of ether oxygens (including phenoxy) is 1. The summed E-state index contributed by atoms with van der Waals surface area (Å²) in [5.41, 5.74) is 0. The first-order valence-electron chi connectivity index (χ1n) is 5.40. The maximum Gasteiger partial charge on any atom is 0.114 e. The third kappa shape index (κ3) is 3.95. The summed E-state index contributed by atoms with van der Waals surface area (Å²) in [6.07, 6.45) is 5.93. The molecule has 0 aromatic heterocycles. The van der Waals surface area contributed by atoms with Gasteiger partial charge in [0.15, 0.2) is 0 Å². The number of hydrogen-bond donors (Lipinski definition) is 1. The second-order valence-electron chi connectivity index (χ2n) is 4.91. The molecule has 0 amide bonds. The molecular formula is C11H21NO2S. The minimum Gasteiger partial charge on any atom is -0.497 e. The van der Waals surface area contributed by atoms with Crippen LogP contribution in [-0.2, 0) is 15.7 Å². The third-order valence-electron chi connectivity index (χ3n) is 2.37. The lowest BCUT2D eigenvalue weighted by molar-refractivity contribution is 0.0996. The molecule has 3 nitrogen and oxygen atoms in total. The lowest BCUT2D eigenvalue weighted by Crippen LogP contribution is -2.44. The van der Waals surface area contributed by atoms with Crippen molar-refractivity contribution < 1.29 is 8.95 Å². The van der Waals surface area contributed by atoms with Crippen LogP contribution in [0.15, 0.2) is 12.3 Å². The van der Waals surface area contributed by atoms with Gasteiger partial charge in [-0.1, -0.05) is 0 Å². The highest BCUT2D eigenvalue weighted by Gasteiger charge is 2.25. The molecule has 0 saturated carbocycles. The van der Waals surface area contributed by atoms with Crippen molar-refractivity contribution >= 4 is 11.0 Å². The smallest absolute Gasteiger partial charge is 0.114 e. The number of allylic oxidation sites excluding steroid dienone is 1. The largest absolute Gasteiger partial charge is 0.497 e. The molecule has 0 saturated heterocycles. The van der Waals surface area contributed by atoms with Gasteiger partial charge in [0.05, 0.1) is 28.0 Å². The molecule has 1 aliphatic heterocycles. The molecule has 1 N–H and O–H groups in total. The standard InChI is InChI=1S/C11H21NO2S/c1-9(10-7-5-6-8-14-10)12-15(13)11(2,3)4/h6,8-10,12H,5,7H2,1-4H3/t9-,10-,15?/m0/s1. The zero-order valence-corrected chi connectivity index (χ0v) is 10.8. The van der Waals surface area contributed by atoms with Gasteiger partial charge in [0.2, 0.25) is 0 Å². The predicted molar refractivity (Wildman–Crippen MR) is 63.7 cm³/mol. The van der Waals surface area contributed by atoms with Gasteiger partial charge in [-0.2, -0.15) is 0 Å². The summed E-state index contributed by atoms with van der Waals surface area (Å²) in [5, 5.41) is 0. The van der Waals surface area contributed by atoms with E-state index < -0.39 is 11.0 Å². The number of nitrogens with one attached hydrogen (secondary N) is 1. The van der Waals surface area contributed by atoms with Crippen LogP contribution >= 0.6 is 0 Å². The SMILES string of the molecule is C[C@H](NS(=O)C(C)(C)C)[C@@H]1CCC=CO1. The predicted octanol–water partition coefficient (Wildman–Crippen LogP) is 2.12. The molecule has 1 unspecified atom stereocenters. The summed E-state index contributed by atoms with van der Waals surface area (Å²) in [5.74, 6) is 0.